The fraction of sp³-hybridized carbons (Fsp3) is 0.500. The normalized spacial score (nSPS) is 18.1. The van der Waals surface area contributed by atoms with Crippen molar-refractivity contribution in [3.8, 4) is 11.5 Å². The van der Waals surface area contributed by atoms with E-state index in [1.807, 2.05) is 0 Å². The highest BCUT2D eigenvalue weighted by molar-refractivity contribution is 7.92. The standard InChI is InChI=1S/C32H43ClN8O4S/c1-21-16-27(30(44-3)19-28(21)41-11-6-23(7-12-41)40-10-5-9-39(2)13-14-40)36-32-34-20-24(33)31(37-32)35-25-18-29-22(8-15-45-29)17-26(25)38-46(4,42)43/h16-20,23,38H,5-15H2,1-4H3,(H2,34,35,36,37). The summed E-state index contributed by atoms with van der Waals surface area (Å²) in [7, 11) is 0.343. The van der Waals surface area contributed by atoms with Crippen molar-refractivity contribution >= 4 is 56.1 Å². The van der Waals surface area contributed by atoms with E-state index >= 15 is 0 Å². The number of anilines is 6. The molecular weight excluding hydrogens is 628 g/mol. The molecule has 12 nitrogen and oxygen atoms in total. The van der Waals surface area contributed by atoms with Crippen LogP contribution in [-0.2, 0) is 16.4 Å². The van der Waals surface area contributed by atoms with Gasteiger partial charge < -0.3 is 29.9 Å². The predicted molar refractivity (Wildman–Crippen MR) is 184 cm³/mol. The van der Waals surface area contributed by atoms with E-state index in [9.17, 15) is 8.42 Å². The SMILES string of the molecule is COc1cc(N2CCC(N3CCCN(C)CC3)CC2)c(C)cc1Nc1ncc(Cl)c(Nc2cc3c(cc2NS(C)(=O)=O)CCO3)n1. The maximum absolute atomic E-state index is 12.1. The smallest absolute Gasteiger partial charge is 0.229 e. The Morgan fingerprint density at radius 3 is 2.57 bits per heavy atom. The first kappa shape index (κ1) is 32.4. The zero-order valence-corrected chi connectivity index (χ0v) is 28.5. The highest BCUT2D eigenvalue weighted by Crippen LogP contribution is 2.39. The number of ether oxygens (including phenoxy) is 2. The maximum atomic E-state index is 12.1. The van der Waals surface area contributed by atoms with Gasteiger partial charge in [-0.2, -0.15) is 4.98 Å². The number of benzene rings is 2. The van der Waals surface area contributed by atoms with Gasteiger partial charge in [0.2, 0.25) is 16.0 Å². The monoisotopic (exact) mass is 670 g/mol. The Hall–Kier alpha value is -3.52. The van der Waals surface area contributed by atoms with Gasteiger partial charge in [-0.05, 0) is 69.6 Å². The van der Waals surface area contributed by atoms with E-state index in [0.29, 0.717) is 53.7 Å². The van der Waals surface area contributed by atoms with Crippen molar-refractivity contribution in [1.29, 1.82) is 0 Å². The molecule has 2 aromatic carbocycles. The average molecular weight is 671 g/mol. The molecule has 0 unspecified atom stereocenters. The second kappa shape index (κ2) is 13.7. The molecular formula is C32H43ClN8O4S. The van der Waals surface area contributed by atoms with Crippen LogP contribution in [0.4, 0.5) is 34.5 Å². The van der Waals surface area contributed by atoms with Crippen LogP contribution in [0.15, 0.2) is 30.5 Å². The van der Waals surface area contributed by atoms with Gasteiger partial charge in [0.25, 0.3) is 0 Å². The second-order valence-electron chi connectivity index (χ2n) is 12.4. The summed E-state index contributed by atoms with van der Waals surface area (Å²) in [6.07, 6.45) is 6.84. The molecule has 14 heteroatoms. The molecule has 3 aliphatic heterocycles. The van der Waals surface area contributed by atoms with Gasteiger partial charge in [-0.25, -0.2) is 13.4 Å². The van der Waals surface area contributed by atoms with Crippen LogP contribution >= 0.6 is 11.6 Å². The molecule has 2 fully saturated rings. The van der Waals surface area contributed by atoms with E-state index in [2.05, 4.69) is 66.1 Å². The number of methoxy groups -OCH3 is 1. The summed E-state index contributed by atoms with van der Waals surface area (Å²) in [5, 5.41) is 6.73. The zero-order valence-electron chi connectivity index (χ0n) is 26.9. The van der Waals surface area contributed by atoms with Gasteiger partial charge >= 0.3 is 0 Å². The number of piperidine rings is 1. The number of fused-ring (bicyclic) bond motifs is 1. The number of nitrogens with one attached hydrogen (secondary N) is 3. The summed E-state index contributed by atoms with van der Waals surface area (Å²) >= 11 is 6.50. The first-order chi connectivity index (χ1) is 22.1. The summed E-state index contributed by atoms with van der Waals surface area (Å²) < 4.78 is 38.3. The van der Waals surface area contributed by atoms with Crippen LogP contribution in [0.25, 0.3) is 0 Å². The highest BCUT2D eigenvalue weighted by Gasteiger charge is 2.27. The number of likely N-dealkylation sites (N-methyl/N-ethyl adjacent to an activating group) is 1. The Morgan fingerprint density at radius 2 is 1.80 bits per heavy atom. The fourth-order valence-corrected chi connectivity index (χ4v) is 7.27. The Morgan fingerprint density at radius 1 is 1.00 bits per heavy atom. The molecule has 4 heterocycles. The van der Waals surface area contributed by atoms with Gasteiger partial charge in [-0.1, -0.05) is 11.6 Å². The van der Waals surface area contributed by atoms with Crippen molar-refractivity contribution in [1.82, 2.24) is 19.8 Å². The molecule has 46 heavy (non-hydrogen) atoms. The molecule has 0 saturated carbocycles. The third kappa shape index (κ3) is 7.54. The third-order valence-electron chi connectivity index (χ3n) is 8.96. The first-order valence-electron chi connectivity index (χ1n) is 15.8. The number of sulfonamides is 1. The minimum absolute atomic E-state index is 0.270. The summed E-state index contributed by atoms with van der Waals surface area (Å²) in [6, 6.07) is 8.30. The fourth-order valence-electron chi connectivity index (χ4n) is 6.56. The number of halogens is 1. The van der Waals surface area contributed by atoms with Crippen molar-refractivity contribution in [2.24, 2.45) is 0 Å². The molecule has 0 aliphatic carbocycles. The lowest BCUT2D eigenvalue weighted by Gasteiger charge is -2.39. The molecule has 3 N–H and O–H groups in total. The number of aryl methyl sites for hydroxylation is 1. The third-order valence-corrected chi connectivity index (χ3v) is 9.83. The molecule has 0 bridgehead atoms. The quantitative estimate of drug-likeness (QED) is 0.290. The van der Waals surface area contributed by atoms with Crippen LogP contribution in [0.5, 0.6) is 11.5 Å². The number of hydrogen-bond donors (Lipinski definition) is 3. The number of aromatic nitrogens is 2. The van der Waals surface area contributed by atoms with E-state index in [1.54, 1.807) is 19.2 Å². The topological polar surface area (TPSA) is 124 Å². The van der Waals surface area contributed by atoms with E-state index < -0.39 is 10.0 Å². The first-order valence-corrected chi connectivity index (χ1v) is 18.0. The Labute approximate surface area is 276 Å². The van der Waals surface area contributed by atoms with Crippen LogP contribution in [0, 0.1) is 6.92 Å². The van der Waals surface area contributed by atoms with Crippen molar-refractivity contribution in [2.75, 3.05) is 86.5 Å². The van der Waals surface area contributed by atoms with Gasteiger partial charge in [0.05, 0.1) is 43.2 Å². The second-order valence-corrected chi connectivity index (χ2v) is 14.5. The minimum atomic E-state index is -3.53. The van der Waals surface area contributed by atoms with Gasteiger partial charge in [-0.15, -0.1) is 0 Å². The van der Waals surface area contributed by atoms with Gasteiger partial charge in [0, 0.05) is 56.5 Å². The van der Waals surface area contributed by atoms with Gasteiger partial charge in [0.1, 0.15) is 16.5 Å². The van der Waals surface area contributed by atoms with E-state index in [1.165, 1.54) is 31.4 Å². The van der Waals surface area contributed by atoms with Gasteiger partial charge in [0.15, 0.2) is 5.82 Å². The number of nitrogens with zero attached hydrogens (tertiary/aromatic N) is 5. The molecule has 0 amide bonds. The van der Waals surface area contributed by atoms with E-state index in [4.69, 9.17) is 21.1 Å². The van der Waals surface area contributed by atoms with Crippen molar-refractivity contribution in [2.45, 2.75) is 38.6 Å². The van der Waals surface area contributed by atoms with Crippen LogP contribution < -0.4 is 29.7 Å². The number of hydrogen-bond acceptors (Lipinski definition) is 11. The molecule has 0 radical (unpaired) electrons. The number of rotatable bonds is 9. The lowest BCUT2D eigenvalue weighted by molar-refractivity contribution is 0.174. The lowest BCUT2D eigenvalue weighted by Crippen LogP contribution is -2.46. The van der Waals surface area contributed by atoms with E-state index in [0.717, 1.165) is 62.1 Å². The minimum Gasteiger partial charge on any atom is -0.494 e. The molecule has 3 aromatic rings. The summed E-state index contributed by atoms with van der Waals surface area (Å²) in [6.45, 7) is 9.32. The summed E-state index contributed by atoms with van der Waals surface area (Å²) in [5.74, 6) is 1.97. The Kier molecular flexibility index (Phi) is 9.64. The van der Waals surface area contributed by atoms with Crippen LogP contribution in [-0.4, -0.2) is 101 Å². The Bertz CT molecular complexity index is 1680. The molecule has 2 saturated heterocycles. The zero-order chi connectivity index (χ0) is 32.4. The molecule has 0 spiro atoms. The van der Waals surface area contributed by atoms with Crippen molar-refractivity contribution < 1.29 is 17.9 Å². The summed E-state index contributed by atoms with van der Waals surface area (Å²) in [5.41, 5.74) is 4.79. The lowest BCUT2D eigenvalue weighted by atomic mass is 10.0. The van der Waals surface area contributed by atoms with Crippen molar-refractivity contribution in [3.63, 3.8) is 0 Å². The largest absolute Gasteiger partial charge is 0.494 e. The average Bonchev–Trinajstić information content (AvgIpc) is 3.36. The molecule has 1 aromatic heterocycles. The highest BCUT2D eigenvalue weighted by atomic mass is 35.5. The predicted octanol–water partition coefficient (Wildman–Crippen LogP) is 4.85. The van der Waals surface area contributed by atoms with E-state index in [-0.39, 0.29) is 5.02 Å². The van der Waals surface area contributed by atoms with Crippen LogP contribution in [0.1, 0.15) is 30.4 Å². The maximum Gasteiger partial charge on any atom is 0.229 e. The molecule has 6 rings (SSSR count). The van der Waals surface area contributed by atoms with Crippen LogP contribution in [0.3, 0.4) is 0 Å². The molecule has 0 atom stereocenters. The molecule has 248 valence electrons. The van der Waals surface area contributed by atoms with Gasteiger partial charge in [-0.3, -0.25) is 9.62 Å². The Balaban J connectivity index is 1.18. The molecule has 3 aliphatic rings. The summed E-state index contributed by atoms with van der Waals surface area (Å²) in [4.78, 5) is 16.6. The van der Waals surface area contributed by atoms with Crippen molar-refractivity contribution in [3.05, 3.63) is 46.6 Å². The van der Waals surface area contributed by atoms with Crippen LogP contribution in [0.2, 0.25) is 5.02 Å².